The van der Waals surface area contributed by atoms with E-state index in [0.717, 1.165) is 6.07 Å². The van der Waals surface area contributed by atoms with Crippen LogP contribution in [0, 0.1) is 21.4 Å². The Morgan fingerprint density at radius 3 is 2.50 bits per heavy atom. The molecule has 0 aliphatic rings. The fourth-order valence-corrected chi connectivity index (χ4v) is 2.11. The van der Waals surface area contributed by atoms with Gasteiger partial charge in [-0.3, -0.25) is 14.9 Å². The van der Waals surface area contributed by atoms with Crippen molar-refractivity contribution in [1.82, 2.24) is 0 Å². The number of benzene rings is 2. The molecular formula is C14H7Cl2N3O3. The Hall–Kier alpha value is -2.62. The van der Waals surface area contributed by atoms with E-state index in [0.29, 0.717) is 5.69 Å². The highest BCUT2D eigenvalue weighted by Gasteiger charge is 2.16. The molecule has 0 saturated heterocycles. The number of amides is 1. The number of halogens is 2. The molecule has 1 N–H and O–H groups in total. The number of rotatable bonds is 3. The van der Waals surface area contributed by atoms with Gasteiger partial charge in [0.15, 0.2) is 0 Å². The molecule has 2 aromatic rings. The molecule has 0 bridgehead atoms. The minimum absolute atomic E-state index is 0.0312. The van der Waals surface area contributed by atoms with Crippen LogP contribution in [0.5, 0.6) is 0 Å². The van der Waals surface area contributed by atoms with Crippen molar-refractivity contribution in [2.24, 2.45) is 0 Å². The molecule has 0 spiro atoms. The number of carbonyl (C=O) groups is 1. The Morgan fingerprint density at radius 2 is 1.91 bits per heavy atom. The molecule has 110 valence electrons. The third kappa shape index (κ3) is 3.34. The largest absolute Gasteiger partial charge is 0.322 e. The average molecular weight is 336 g/mol. The van der Waals surface area contributed by atoms with Gasteiger partial charge in [-0.2, -0.15) is 5.26 Å². The molecule has 0 heterocycles. The first kappa shape index (κ1) is 15.8. The van der Waals surface area contributed by atoms with Crippen LogP contribution in [-0.2, 0) is 0 Å². The lowest BCUT2D eigenvalue weighted by molar-refractivity contribution is -0.384. The van der Waals surface area contributed by atoms with E-state index < -0.39 is 10.8 Å². The molecule has 22 heavy (non-hydrogen) atoms. The Balaban J connectivity index is 2.30. The number of hydrogen-bond donors (Lipinski definition) is 1. The van der Waals surface area contributed by atoms with Crippen molar-refractivity contribution in [3.8, 4) is 6.07 Å². The van der Waals surface area contributed by atoms with Crippen molar-refractivity contribution < 1.29 is 9.72 Å². The van der Waals surface area contributed by atoms with E-state index in [1.165, 1.54) is 30.3 Å². The SMILES string of the molecule is N#Cc1ccc(NC(=O)c2cc([N+](=O)[O-])ccc2Cl)cc1Cl. The molecule has 0 aliphatic carbocycles. The monoisotopic (exact) mass is 335 g/mol. The maximum absolute atomic E-state index is 12.1. The summed E-state index contributed by atoms with van der Waals surface area (Å²) < 4.78 is 0. The summed E-state index contributed by atoms with van der Waals surface area (Å²) in [6.07, 6.45) is 0. The van der Waals surface area contributed by atoms with Crippen molar-refractivity contribution in [2.45, 2.75) is 0 Å². The van der Waals surface area contributed by atoms with Gasteiger partial charge in [0.1, 0.15) is 6.07 Å². The topological polar surface area (TPSA) is 96.0 Å². The first-order valence-corrected chi connectivity index (χ1v) is 6.63. The van der Waals surface area contributed by atoms with Gasteiger partial charge in [0, 0.05) is 17.8 Å². The zero-order chi connectivity index (χ0) is 16.3. The summed E-state index contributed by atoms with van der Waals surface area (Å²) in [5.41, 5.74) is 0.341. The molecule has 0 aromatic heterocycles. The molecule has 0 unspecified atom stereocenters. The van der Waals surface area contributed by atoms with Crippen LogP contribution in [0.4, 0.5) is 11.4 Å². The van der Waals surface area contributed by atoms with Crippen molar-refractivity contribution in [1.29, 1.82) is 5.26 Å². The number of nitrogens with one attached hydrogen (secondary N) is 1. The van der Waals surface area contributed by atoms with Crippen LogP contribution in [-0.4, -0.2) is 10.8 Å². The Labute approximate surface area is 135 Å². The lowest BCUT2D eigenvalue weighted by atomic mass is 10.1. The minimum Gasteiger partial charge on any atom is -0.322 e. The van der Waals surface area contributed by atoms with Gasteiger partial charge in [0.25, 0.3) is 11.6 Å². The van der Waals surface area contributed by atoms with Crippen LogP contribution in [0.25, 0.3) is 0 Å². The van der Waals surface area contributed by atoms with E-state index in [9.17, 15) is 14.9 Å². The van der Waals surface area contributed by atoms with E-state index in [4.69, 9.17) is 28.5 Å². The predicted molar refractivity (Wildman–Crippen MR) is 82.2 cm³/mol. The molecule has 6 nitrogen and oxygen atoms in total. The van der Waals surface area contributed by atoms with Gasteiger partial charge in [-0.05, 0) is 24.3 Å². The summed E-state index contributed by atoms with van der Waals surface area (Å²) in [4.78, 5) is 22.3. The van der Waals surface area contributed by atoms with Gasteiger partial charge in [-0.15, -0.1) is 0 Å². The van der Waals surface area contributed by atoms with Crippen LogP contribution in [0.1, 0.15) is 15.9 Å². The number of non-ortho nitro benzene ring substituents is 1. The summed E-state index contributed by atoms with van der Waals surface area (Å²) in [5.74, 6) is -0.616. The third-order valence-corrected chi connectivity index (χ3v) is 3.40. The van der Waals surface area contributed by atoms with E-state index in [1.807, 2.05) is 6.07 Å². The van der Waals surface area contributed by atoms with Gasteiger partial charge in [-0.25, -0.2) is 0 Å². The number of hydrogen-bond acceptors (Lipinski definition) is 4. The fraction of sp³-hybridized carbons (Fsp3) is 0. The summed E-state index contributed by atoms with van der Waals surface area (Å²) in [6.45, 7) is 0. The Kier molecular flexibility index (Phi) is 4.61. The van der Waals surface area contributed by atoms with Crippen molar-refractivity contribution in [3.05, 3.63) is 67.7 Å². The molecule has 0 aliphatic heterocycles. The number of carbonyl (C=O) groups excluding carboxylic acids is 1. The van der Waals surface area contributed by atoms with Crippen molar-refractivity contribution in [3.63, 3.8) is 0 Å². The molecule has 0 radical (unpaired) electrons. The van der Waals surface area contributed by atoms with Crippen LogP contribution in [0.2, 0.25) is 10.0 Å². The standard InChI is InChI=1S/C14H7Cl2N3O3/c15-12-4-3-10(19(21)22)6-11(12)14(20)18-9-2-1-8(7-17)13(16)5-9/h1-6H,(H,18,20). The van der Waals surface area contributed by atoms with Crippen LogP contribution >= 0.6 is 23.2 Å². The van der Waals surface area contributed by atoms with E-state index >= 15 is 0 Å². The molecule has 0 saturated carbocycles. The van der Waals surface area contributed by atoms with Gasteiger partial charge >= 0.3 is 0 Å². The first-order chi connectivity index (χ1) is 10.4. The average Bonchev–Trinajstić information content (AvgIpc) is 2.47. The number of nitrogens with zero attached hydrogens (tertiary/aromatic N) is 2. The molecule has 0 fully saturated rings. The summed E-state index contributed by atoms with van der Waals surface area (Å²) in [5, 5.41) is 22.3. The molecule has 2 rings (SSSR count). The Bertz CT molecular complexity index is 815. The minimum atomic E-state index is -0.619. The predicted octanol–water partition coefficient (Wildman–Crippen LogP) is 4.03. The summed E-state index contributed by atoms with van der Waals surface area (Å²) in [7, 11) is 0. The number of nitriles is 1. The molecule has 0 atom stereocenters. The van der Waals surface area contributed by atoms with Crippen molar-refractivity contribution >= 4 is 40.5 Å². The highest BCUT2D eigenvalue weighted by molar-refractivity contribution is 6.34. The maximum Gasteiger partial charge on any atom is 0.270 e. The maximum atomic E-state index is 12.1. The van der Waals surface area contributed by atoms with Crippen LogP contribution < -0.4 is 5.32 Å². The van der Waals surface area contributed by atoms with Gasteiger partial charge in [-0.1, -0.05) is 23.2 Å². The smallest absolute Gasteiger partial charge is 0.270 e. The zero-order valence-corrected chi connectivity index (χ0v) is 12.4. The molecule has 8 heteroatoms. The second-order valence-corrected chi connectivity index (χ2v) is 5.00. The van der Waals surface area contributed by atoms with Gasteiger partial charge < -0.3 is 5.32 Å². The lowest BCUT2D eigenvalue weighted by Crippen LogP contribution is -2.13. The zero-order valence-electron chi connectivity index (χ0n) is 10.8. The second-order valence-electron chi connectivity index (χ2n) is 4.18. The summed E-state index contributed by atoms with van der Waals surface area (Å²) >= 11 is 11.8. The number of anilines is 1. The van der Waals surface area contributed by atoms with Crippen LogP contribution in [0.15, 0.2) is 36.4 Å². The van der Waals surface area contributed by atoms with E-state index in [-0.39, 0.29) is 26.9 Å². The lowest BCUT2D eigenvalue weighted by Gasteiger charge is -2.07. The van der Waals surface area contributed by atoms with E-state index in [1.54, 1.807) is 0 Å². The van der Waals surface area contributed by atoms with Gasteiger partial charge in [0.05, 0.1) is 26.1 Å². The normalized spacial score (nSPS) is 9.86. The van der Waals surface area contributed by atoms with E-state index in [2.05, 4.69) is 5.32 Å². The fourth-order valence-electron chi connectivity index (χ4n) is 1.68. The highest BCUT2D eigenvalue weighted by Crippen LogP contribution is 2.24. The quantitative estimate of drug-likeness (QED) is 0.676. The molecule has 2 aromatic carbocycles. The van der Waals surface area contributed by atoms with Gasteiger partial charge in [0.2, 0.25) is 0 Å². The van der Waals surface area contributed by atoms with Crippen molar-refractivity contribution in [2.75, 3.05) is 5.32 Å². The van der Waals surface area contributed by atoms with Crippen LogP contribution in [0.3, 0.4) is 0 Å². The number of nitro groups is 1. The number of nitro benzene ring substituents is 1. The summed E-state index contributed by atoms with van der Waals surface area (Å²) in [6, 6.07) is 9.82. The molecular weight excluding hydrogens is 329 g/mol. The second kappa shape index (κ2) is 6.43. The highest BCUT2D eigenvalue weighted by atomic mass is 35.5. The first-order valence-electron chi connectivity index (χ1n) is 5.87. The third-order valence-electron chi connectivity index (χ3n) is 2.75. The molecule has 1 amide bonds. The Morgan fingerprint density at radius 1 is 1.18 bits per heavy atom.